The quantitative estimate of drug-likeness (QED) is 0.184. The Morgan fingerprint density at radius 2 is 0.725 bits per heavy atom. The van der Waals surface area contributed by atoms with Gasteiger partial charge in [0.05, 0.1) is 11.1 Å². The number of fused-ring (bicyclic) bond motifs is 3. The van der Waals surface area contributed by atoms with Crippen molar-refractivity contribution in [3.05, 3.63) is 188 Å². The van der Waals surface area contributed by atoms with Crippen molar-refractivity contribution < 1.29 is 9.47 Å². The first-order valence-corrected chi connectivity index (χ1v) is 17.2. The lowest BCUT2D eigenvalue weighted by Crippen LogP contribution is -2.10. The third-order valence-electron chi connectivity index (χ3n) is 9.87. The van der Waals surface area contributed by atoms with Gasteiger partial charge in [0, 0.05) is 17.4 Å². The van der Waals surface area contributed by atoms with Crippen molar-refractivity contribution in [1.82, 2.24) is 0 Å². The van der Waals surface area contributed by atoms with Crippen LogP contribution in [0.2, 0.25) is 0 Å². The number of ether oxygens (including phenoxy) is 2. The highest BCUT2D eigenvalue weighted by Crippen LogP contribution is 2.48. The number of rotatable bonds is 5. The molecule has 9 aromatic rings. The van der Waals surface area contributed by atoms with E-state index in [9.17, 15) is 0 Å². The van der Waals surface area contributed by atoms with Gasteiger partial charge < -0.3 is 14.4 Å². The summed E-state index contributed by atoms with van der Waals surface area (Å²) >= 11 is 0. The molecule has 0 saturated heterocycles. The summed E-state index contributed by atoms with van der Waals surface area (Å²) in [5, 5.41) is 7.00. The van der Waals surface area contributed by atoms with Gasteiger partial charge >= 0.3 is 0 Å². The second kappa shape index (κ2) is 11.9. The second-order valence-electron chi connectivity index (χ2n) is 13.0. The smallest absolute Gasteiger partial charge is 0.172 e. The maximum absolute atomic E-state index is 6.61. The number of hydrogen-bond acceptors (Lipinski definition) is 3. The van der Waals surface area contributed by atoms with Crippen molar-refractivity contribution >= 4 is 49.4 Å². The Kier molecular flexibility index (Phi) is 6.81. The predicted octanol–water partition coefficient (Wildman–Crippen LogP) is 13.8. The molecule has 0 fully saturated rings. The van der Waals surface area contributed by atoms with E-state index in [0.29, 0.717) is 11.5 Å². The van der Waals surface area contributed by atoms with Crippen LogP contribution in [-0.2, 0) is 0 Å². The van der Waals surface area contributed by atoms with Crippen LogP contribution in [0.15, 0.2) is 188 Å². The third kappa shape index (κ3) is 5.24. The van der Waals surface area contributed by atoms with Crippen molar-refractivity contribution in [2.45, 2.75) is 0 Å². The zero-order valence-electron chi connectivity index (χ0n) is 27.7. The molecular formula is C48H31NO2. The summed E-state index contributed by atoms with van der Waals surface area (Å²) in [7, 11) is 0. The van der Waals surface area contributed by atoms with E-state index in [-0.39, 0.29) is 0 Å². The molecule has 0 saturated carbocycles. The average Bonchev–Trinajstić information content (AvgIpc) is 3.35. The maximum Gasteiger partial charge on any atom is 0.172 e. The van der Waals surface area contributed by atoms with Crippen LogP contribution < -0.4 is 14.4 Å². The van der Waals surface area contributed by atoms with Gasteiger partial charge in [-0.1, -0.05) is 121 Å². The fourth-order valence-electron chi connectivity index (χ4n) is 7.27. The Balaban J connectivity index is 1.06. The molecule has 0 atom stereocenters. The molecule has 1 aliphatic heterocycles. The third-order valence-corrected chi connectivity index (χ3v) is 9.87. The van der Waals surface area contributed by atoms with Gasteiger partial charge in [0.1, 0.15) is 11.5 Å². The van der Waals surface area contributed by atoms with E-state index < -0.39 is 0 Å². The summed E-state index contributed by atoms with van der Waals surface area (Å²) in [5.74, 6) is 2.92. The van der Waals surface area contributed by atoms with Gasteiger partial charge in [-0.15, -0.1) is 0 Å². The van der Waals surface area contributed by atoms with E-state index in [1.807, 2.05) is 30.3 Å². The molecule has 0 N–H and O–H groups in total. The molecular weight excluding hydrogens is 623 g/mol. The molecule has 3 nitrogen and oxygen atoms in total. The molecule has 0 unspecified atom stereocenters. The Labute approximate surface area is 296 Å². The minimum absolute atomic E-state index is 0.668. The number of nitrogens with zero attached hydrogens (tertiary/aromatic N) is 1. The van der Waals surface area contributed by atoms with Crippen molar-refractivity contribution in [3.8, 4) is 45.3 Å². The largest absolute Gasteiger partial charge is 0.453 e. The highest BCUT2D eigenvalue weighted by Gasteiger charge is 2.21. The minimum Gasteiger partial charge on any atom is -0.453 e. The van der Waals surface area contributed by atoms with Crippen LogP contribution in [0.3, 0.4) is 0 Å². The van der Waals surface area contributed by atoms with E-state index in [0.717, 1.165) is 39.3 Å². The van der Waals surface area contributed by atoms with Gasteiger partial charge in [0.25, 0.3) is 0 Å². The molecule has 10 rings (SSSR count). The molecule has 1 heterocycles. The summed E-state index contributed by atoms with van der Waals surface area (Å²) in [6.07, 6.45) is 0. The molecule has 0 spiro atoms. The van der Waals surface area contributed by atoms with E-state index in [1.54, 1.807) is 0 Å². The van der Waals surface area contributed by atoms with E-state index in [1.165, 1.54) is 43.8 Å². The van der Waals surface area contributed by atoms with Crippen LogP contribution in [0, 0.1) is 0 Å². The molecule has 3 heteroatoms. The average molecular weight is 654 g/mol. The molecule has 0 aromatic heterocycles. The predicted molar refractivity (Wildman–Crippen MR) is 211 cm³/mol. The van der Waals surface area contributed by atoms with Gasteiger partial charge in [-0.05, 0) is 110 Å². The highest BCUT2D eigenvalue weighted by molar-refractivity contribution is 5.95. The molecule has 0 bridgehead atoms. The molecule has 0 aliphatic carbocycles. The lowest BCUT2D eigenvalue weighted by atomic mass is 10.00. The van der Waals surface area contributed by atoms with Gasteiger partial charge in [-0.2, -0.15) is 0 Å². The molecule has 51 heavy (non-hydrogen) atoms. The van der Waals surface area contributed by atoms with Crippen molar-refractivity contribution in [2.24, 2.45) is 0 Å². The van der Waals surface area contributed by atoms with E-state index >= 15 is 0 Å². The number of benzene rings is 9. The molecule has 9 aromatic carbocycles. The molecule has 0 amide bonds. The Hall–Kier alpha value is -6.84. The fourth-order valence-corrected chi connectivity index (χ4v) is 7.27. The topological polar surface area (TPSA) is 21.7 Å². The van der Waals surface area contributed by atoms with Gasteiger partial charge in [-0.3, -0.25) is 0 Å². The van der Waals surface area contributed by atoms with Crippen LogP contribution in [0.5, 0.6) is 23.0 Å². The van der Waals surface area contributed by atoms with Crippen LogP contribution in [0.1, 0.15) is 0 Å². The molecule has 0 radical (unpaired) electrons. The fraction of sp³-hybridized carbons (Fsp3) is 0. The summed E-state index contributed by atoms with van der Waals surface area (Å²) in [6, 6.07) is 66.3. The summed E-state index contributed by atoms with van der Waals surface area (Å²) in [6.45, 7) is 0. The lowest BCUT2D eigenvalue weighted by Gasteiger charge is -2.26. The highest BCUT2D eigenvalue weighted by atomic mass is 16.5. The van der Waals surface area contributed by atoms with Crippen molar-refractivity contribution in [1.29, 1.82) is 0 Å². The van der Waals surface area contributed by atoms with Gasteiger partial charge in [0.15, 0.2) is 11.5 Å². The number of hydrogen-bond donors (Lipinski definition) is 0. The lowest BCUT2D eigenvalue weighted by molar-refractivity contribution is 0.439. The first kappa shape index (κ1) is 29.1. The standard InChI is InChI=1S/C48H31NO2/c1-3-9-37-29-39(17-15-32(37)7-1)34-19-23-41(24-20-34)49(42-25-21-35(22-26-42)40-18-16-33-8-2-4-10-38(33)30-40)43-27-28-44-47(31-43)51-46-14-6-12-36-11-5-13-45(50-44)48(36)46/h1-31H. The van der Waals surface area contributed by atoms with Gasteiger partial charge in [0.2, 0.25) is 0 Å². The minimum atomic E-state index is 0.668. The molecule has 1 aliphatic rings. The Morgan fingerprint density at radius 3 is 1.27 bits per heavy atom. The Morgan fingerprint density at radius 1 is 0.275 bits per heavy atom. The molecule has 240 valence electrons. The van der Waals surface area contributed by atoms with Gasteiger partial charge in [-0.25, -0.2) is 0 Å². The van der Waals surface area contributed by atoms with E-state index in [4.69, 9.17) is 9.47 Å². The van der Waals surface area contributed by atoms with Crippen molar-refractivity contribution in [2.75, 3.05) is 4.90 Å². The first-order valence-electron chi connectivity index (χ1n) is 17.2. The van der Waals surface area contributed by atoms with Crippen LogP contribution >= 0.6 is 0 Å². The van der Waals surface area contributed by atoms with Crippen molar-refractivity contribution in [3.63, 3.8) is 0 Å². The summed E-state index contributed by atoms with van der Waals surface area (Å²) in [4.78, 5) is 2.27. The number of anilines is 3. The van der Waals surface area contributed by atoms with Crippen LogP contribution in [0.25, 0.3) is 54.6 Å². The van der Waals surface area contributed by atoms with Crippen LogP contribution in [0.4, 0.5) is 17.1 Å². The zero-order valence-corrected chi connectivity index (χ0v) is 27.7. The monoisotopic (exact) mass is 653 g/mol. The first-order chi connectivity index (χ1) is 25.2. The SMILES string of the molecule is c1ccc2cc(-c3ccc(N(c4ccc(-c5ccc6ccccc6c5)cc4)c4ccc5c(c4)Oc4cccc6cccc(c46)O5)cc3)ccc2c1. The summed E-state index contributed by atoms with van der Waals surface area (Å²) in [5.41, 5.74) is 7.76. The van der Waals surface area contributed by atoms with Crippen LogP contribution in [-0.4, -0.2) is 0 Å². The Bertz CT molecular complexity index is 2620. The zero-order chi connectivity index (χ0) is 33.7. The summed E-state index contributed by atoms with van der Waals surface area (Å²) < 4.78 is 13.1. The van der Waals surface area contributed by atoms with E-state index in [2.05, 4.69) is 163 Å². The second-order valence-corrected chi connectivity index (χ2v) is 13.0. The normalized spacial score (nSPS) is 11.8. The maximum atomic E-state index is 6.61.